The fraction of sp³-hybridized carbons (Fsp3) is 0.125. The maximum Gasteiger partial charge on any atom is 0.140 e. The van der Waals surface area contributed by atoms with Gasteiger partial charge < -0.3 is 4.74 Å². The summed E-state index contributed by atoms with van der Waals surface area (Å²) in [5.41, 5.74) is 0.252. The zero-order valence-corrected chi connectivity index (χ0v) is 7.23. The van der Waals surface area contributed by atoms with Crippen LogP contribution in [0.1, 0.15) is 5.56 Å². The minimum atomic E-state index is -0.462. The Morgan fingerprint density at radius 3 is 2.75 bits per heavy atom. The lowest BCUT2D eigenvalue weighted by molar-refractivity contribution is 0.408. The first-order chi connectivity index (χ1) is 5.69. The Kier molecular flexibility index (Phi) is 2.56. The van der Waals surface area contributed by atoms with Crippen LogP contribution in [0.15, 0.2) is 17.0 Å². The van der Waals surface area contributed by atoms with Gasteiger partial charge >= 0.3 is 0 Å². The summed E-state index contributed by atoms with van der Waals surface area (Å²) < 4.78 is 17.5. The van der Waals surface area contributed by atoms with Crippen molar-refractivity contribution in [2.75, 3.05) is 7.11 Å². The van der Waals surface area contributed by atoms with Crippen molar-refractivity contribution >= 4 is 12.6 Å². The van der Waals surface area contributed by atoms with Gasteiger partial charge in [0, 0.05) is 11.0 Å². The molecule has 0 atom stereocenters. The van der Waals surface area contributed by atoms with Crippen molar-refractivity contribution in [2.45, 2.75) is 4.90 Å². The molecule has 2 nitrogen and oxygen atoms in total. The lowest BCUT2D eigenvalue weighted by Gasteiger charge is -2.03. The molecular formula is C8H6FNOS. The molecule has 62 valence electrons. The van der Waals surface area contributed by atoms with Crippen molar-refractivity contribution < 1.29 is 9.13 Å². The van der Waals surface area contributed by atoms with Crippen LogP contribution in [0.2, 0.25) is 0 Å². The first-order valence-corrected chi connectivity index (χ1v) is 3.60. The third kappa shape index (κ3) is 1.51. The van der Waals surface area contributed by atoms with Gasteiger partial charge in [-0.25, -0.2) is 4.39 Å². The molecule has 0 aromatic heterocycles. The van der Waals surface area contributed by atoms with Gasteiger partial charge in [-0.3, -0.25) is 0 Å². The Labute approximate surface area is 75.0 Å². The van der Waals surface area contributed by atoms with E-state index in [0.717, 1.165) is 6.07 Å². The maximum atomic E-state index is 12.7. The molecule has 1 aromatic carbocycles. The molecule has 0 saturated carbocycles. The fourth-order valence-electron chi connectivity index (χ4n) is 0.841. The Balaban J connectivity index is 3.36. The molecule has 0 aliphatic heterocycles. The van der Waals surface area contributed by atoms with E-state index in [1.54, 1.807) is 0 Å². The fourth-order valence-corrected chi connectivity index (χ4v) is 1.12. The largest absolute Gasteiger partial charge is 0.495 e. The maximum absolute atomic E-state index is 12.7. The molecule has 1 rings (SSSR count). The number of ether oxygens (including phenoxy) is 1. The van der Waals surface area contributed by atoms with Gasteiger partial charge in [-0.15, -0.1) is 12.6 Å². The van der Waals surface area contributed by atoms with E-state index in [9.17, 15) is 4.39 Å². The Morgan fingerprint density at radius 1 is 1.58 bits per heavy atom. The van der Waals surface area contributed by atoms with Gasteiger partial charge in [-0.1, -0.05) is 0 Å². The summed E-state index contributed by atoms with van der Waals surface area (Å²) in [5, 5.41) is 8.62. The third-order valence-electron chi connectivity index (χ3n) is 1.38. The van der Waals surface area contributed by atoms with Crippen LogP contribution in [0.4, 0.5) is 4.39 Å². The van der Waals surface area contributed by atoms with E-state index in [0.29, 0.717) is 0 Å². The monoisotopic (exact) mass is 183 g/mol. The van der Waals surface area contributed by atoms with Gasteiger partial charge in [-0.05, 0) is 6.07 Å². The lowest BCUT2D eigenvalue weighted by Crippen LogP contribution is -1.90. The smallest absolute Gasteiger partial charge is 0.140 e. The van der Waals surface area contributed by atoms with E-state index >= 15 is 0 Å². The molecule has 0 unspecified atom stereocenters. The average molecular weight is 183 g/mol. The van der Waals surface area contributed by atoms with Crippen LogP contribution in [0.3, 0.4) is 0 Å². The van der Waals surface area contributed by atoms with Gasteiger partial charge in [-0.2, -0.15) is 5.26 Å². The summed E-state index contributed by atoms with van der Waals surface area (Å²) in [6.45, 7) is 0. The van der Waals surface area contributed by atoms with E-state index in [1.165, 1.54) is 13.2 Å². The average Bonchev–Trinajstić information content (AvgIpc) is 2.03. The van der Waals surface area contributed by atoms with Crippen LogP contribution in [0.5, 0.6) is 5.75 Å². The summed E-state index contributed by atoms with van der Waals surface area (Å²) in [7, 11) is 1.38. The number of benzene rings is 1. The van der Waals surface area contributed by atoms with Gasteiger partial charge in [0.1, 0.15) is 23.2 Å². The van der Waals surface area contributed by atoms with Crippen LogP contribution < -0.4 is 4.74 Å². The van der Waals surface area contributed by atoms with Crippen LogP contribution >= 0.6 is 12.6 Å². The zero-order chi connectivity index (χ0) is 9.14. The number of hydrogen-bond acceptors (Lipinski definition) is 3. The van der Waals surface area contributed by atoms with Crippen molar-refractivity contribution in [1.29, 1.82) is 5.26 Å². The SMILES string of the molecule is COc1cc(F)cc(S)c1C#N. The van der Waals surface area contributed by atoms with Crippen molar-refractivity contribution in [3.05, 3.63) is 23.5 Å². The van der Waals surface area contributed by atoms with Crippen molar-refractivity contribution in [3.8, 4) is 11.8 Å². The highest BCUT2D eigenvalue weighted by Gasteiger charge is 2.08. The van der Waals surface area contributed by atoms with Crippen LogP contribution in [0.25, 0.3) is 0 Å². The molecule has 0 aliphatic carbocycles. The van der Waals surface area contributed by atoms with E-state index in [-0.39, 0.29) is 16.2 Å². The number of hydrogen-bond donors (Lipinski definition) is 1. The second-order valence-corrected chi connectivity index (χ2v) is 2.60. The van der Waals surface area contributed by atoms with Gasteiger partial charge in [0.2, 0.25) is 0 Å². The van der Waals surface area contributed by atoms with Gasteiger partial charge in [0.25, 0.3) is 0 Å². The lowest BCUT2D eigenvalue weighted by atomic mass is 10.2. The summed E-state index contributed by atoms with van der Waals surface area (Å²) in [4.78, 5) is 0.286. The number of thiol groups is 1. The molecule has 0 saturated heterocycles. The number of methoxy groups -OCH3 is 1. The summed E-state index contributed by atoms with van der Waals surface area (Å²) in [6.07, 6.45) is 0. The first-order valence-electron chi connectivity index (χ1n) is 3.15. The van der Waals surface area contributed by atoms with Crippen molar-refractivity contribution in [1.82, 2.24) is 0 Å². The van der Waals surface area contributed by atoms with E-state index in [4.69, 9.17) is 10.00 Å². The van der Waals surface area contributed by atoms with Crippen LogP contribution in [-0.4, -0.2) is 7.11 Å². The van der Waals surface area contributed by atoms with Crippen LogP contribution in [-0.2, 0) is 0 Å². The highest BCUT2D eigenvalue weighted by molar-refractivity contribution is 7.80. The zero-order valence-electron chi connectivity index (χ0n) is 6.34. The summed E-state index contributed by atoms with van der Waals surface area (Å²) in [5.74, 6) is -0.252. The molecule has 0 amide bonds. The number of nitriles is 1. The van der Waals surface area contributed by atoms with Crippen LogP contribution in [0, 0.1) is 17.1 Å². The minimum absolute atomic E-state index is 0.211. The Morgan fingerprint density at radius 2 is 2.25 bits per heavy atom. The molecule has 0 aliphatic rings. The van der Waals surface area contributed by atoms with E-state index < -0.39 is 5.82 Å². The highest BCUT2D eigenvalue weighted by atomic mass is 32.1. The molecular weight excluding hydrogens is 177 g/mol. The second-order valence-electron chi connectivity index (χ2n) is 2.11. The van der Waals surface area contributed by atoms with Gasteiger partial charge in [0.05, 0.1) is 7.11 Å². The minimum Gasteiger partial charge on any atom is -0.495 e. The number of nitrogens with zero attached hydrogens (tertiary/aromatic N) is 1. The topological polar surface area (TPSA) is 33.0 Å². The molecule has 0 heterocycles. The molecule has 0 spiro atoms. The normalized spacial score (nSPS) is 9.17. The number of rotatable bonds is 1. The van der Waals surface area contributed by atoms with E-state index in [2.05, 4.69) is 12.6 Å². The third-order valence-corrected chi connectivity index (χ3v) is 1.73. The standard InChI is InChI=1S/C8H6FNOS/c1-11-7-2-5(9)3-8(12)6(7)4-10/h2-3,12H,1H3. The van der Waals surface area contributed by atoms with Gasteiger partial charge in [0.15, 0.2) is 0 Å². The Bertz CT molecular complexity index is 346. The van der Waals surface area contributed by atoms with Crippen molar-refractivity contribution in [3.63, 3.8) is 0 Å². The summed E-state index contributed by atoms with van der Waals surface area (Å²) >= 11 is 3.93. The molecule has 0 bridgehead atoms. The molecule has 0 N–H and O–H groups in total. The first kappa shape index (κ1) is 8.88. The molecule has 12 heavy (non-hydrogen) atoms. The van der Waals surface area contributed by atoms with E-state index in [1.807, 2.05) is 6.07 Å². The predicted molar refractivity (Wildman–Crippen MR) is 44.9 cm³/mol. The second kappa shape index (κ2) is 3.46. The van der Waals surface area contributed by atoms with Crippen molar-refractivity contribution in [2.24, 2.45) is 0 Å². The molecule has 0 radical (unpaired) electrons. The Hall–Kier alpha value is -1.21. The molecule has 0 fully saturated rings. The molecule has 1 aromatic rings. The highest BCUT2D eigenvalue weighted by Crippen LogP contribution is 2.25. The summed E-state index contributed by atoms with van der Waals surface area (Å²) in [6, 6.07) is 4.20. The predicted octanol–water partition coefficient (Wildman–Crippen LogP) is 1.99. The molecule has 4 heteroatoms. The quantitative estimate of drug-likeness (QED) is 0.675. The number of halogens is 1.